The Labute approximate surface area is 208 Å². The molecular weight excluding hydrogens is 466 g/mol. The molecule has 2 bridgehead atoms. The zero-order valence-electron chi connectivity index (χ0n) is 21.0. The summed E-state index contributed by atoms with van der Waals surface area (Å²) in [6.45, 7) is 9.12. The van der Waals surface area contributed by atoms with Crippen molar-refractivity contribution >= 4 is 16.1 Å². The van der Waals surface area contributed by atoms with E-state index in [9.17, 15) is 13.2 Å². The van der Waals surface area contributed by atoms with Crippen LogP contribution in [0, 0.1) is 11.3 Å². The van der Waals surface area contributed by atoms with Crippen LogP contribution >= 0.6 is 0 Å². The van der Waals surface area contributed by atoms with Crippen molar-refractivity contribution in [2.24, 2.45) is 11.3 Å². The van der Waals surface area contributed by atoms with Crippen molar-refractivity contribution in [3.05, 3.63) is 17.5 Å². The average molecular weight is 506 g/mol. The summed E-state index contributed by atoms with van der Waals surface area (Å²) in [5.74, 6) is 1.67. The molecule has 4 aliphatic heterocycles. The zero-order chi connectivity index (χ0) is 24.4. The highest BCUT2D eigenvalue weighted by atomic mass is 32.2. The maximum Gasteiger partial charge on any atom is 0.282 e. The Balaban J connectivity index is 1.04. The van der Waals surface area contributed by atoms with E-state index in [4.69, 9.17) is 4.52 Å². The van der Waals surface area contributed by atoms with Gasteiger partial charge in [-0.2, -0.15) is 17.0 Å². The van der Waals surface area contributed by atoms with Gasteiger partial charge >= 0.3 is 0 Å². The van der Waals surface area contributed by atoms with Gasteiger partial charge in [-0.1, -0.05) is 19.0 Å². The van der Waals surface area contributed by atoms with E-state index < -0.39 is 10.2 Å². The second kappa shape index (κ2) is 8.82. The molecule has 10 heteroatoms. The first-order chi connectivity index (χ1) is 16.7. The quantitative estimate of drug-likeness (QED) is 0.612. The summed E-state index contributed by atoms with van der Waals surface area (Å²) in [7, 11) is -3.46. The van der Waals surface area contributed by atoms with Crippen LogP contribution in [0.3, 0.4) is 0 Å². The second-order valence-electron chi connectivity index (χ2n) is 12.2. The minimum absolute atomic E-state index is 0.0273. The fraction of sp³-hybridized carbons (Fsp3) is 0.840. The third kappa shape index (κ3) is 4.55. The molecule has 5 fully saturated rings. The molecule has 1 spiro atoms. The van der Waals surface area contributed by atoms with Crippen LogP contribution < -0.4 is 5.32 Å². The molecule has 194 valence electrons. The van der Waals surface area contributed by atoms with Crippen LogP contribution in [-0.2, 0) is 10.2 Å². The molecule has 4 saturated heterocycles. The predicted octanol–water partition coefficient (Wildman–Crippen LogP) is 2.58. The number of rotatable bonds is 7. The molecule has 1 aromatic heterocycles. The standard InChI is InChI=1S/C25H39N5O4S/c1-17(2)14-28-9-7-25(8-10-28)15-29(16-25)35(32,33)30-20-5-6-21(30)12-19(11-20)26-24(31)22-13-23(34-27-22)18-3-4-18/h13,17-21H,3-12,14-16H2,1-2H3,(H,26,31)/t19?,20-,21+. The smallest absolute Gasteiger partial charge is 0.282 e. The Kier molecular flexibility index (Phi) is 6.02. The minimum Gasteiger partial charge on any atom is -0.360 e. The number of hydrogen-bond donors (Lipinski definition) is 1. The Morgan fingerprint density at radius 3 is 2.40 bits per heavy atom. The number of carbonyl (C=O) groups excluding carboxylic acids is 1. The van der Waals surface area contributed by atoms with Crippen molar-refractivity contribution in [2.45, 2.75) is 89.3 Å². The molecule has 3 atom stereocenters. The molecule has 5 aliphatic rings. The first-order valence-electron chi connectivity index (χ1n) is 13.5. The number of carbonyl (C=O) groups is 1. The van der Waals surface area contributed by atoms with Crippen LogP contribution in [0.1, 0.15) is 87.4 Å². The van der Waals surface area contributed by atoms with Gasteiger partial charge in [-0.3, -0.25) is 4.79 Å². The lowest BCUT2D eigenvalue weighted by Gasteiger charge is -2.55. The Morgan fingerprint density at radius 1 is 1.14 bits per heavy atom. The maximum absolute atomic E-state index is 13.6. The lowest BCUT2D eigenvalue weighted by atomic mass is 9.73. The van der Waals surface area contributed by atoms with E-state index in [1.807, 2.05) is 0 Å². The number of piperidine rings is 2. The Morgan fingerprint density at radius 2 is 1.80 bits per heavy atom. The Hall–Kier alpha value is -1.49. The Bertz CT molecular complexity index is 1040. The molecule has 1 amide bonds. The predicted molar refractivity (Wildman–Crippen MR) is 131 cm³/mol. The molecule has 1 aromatic rings. The average Bonchev–Trinajstić information content (AvgIpc) is 3.44. The minimum atomic E-state index is -3.46. The van der Waals surface area contributed by atoms with Crippen LogP contribution in [0.25, 0.3) is 0 Å². The summed E-state index contributed by atoms with van der Waals surface area (Å²) < 4.78 is 36.1. The van der Waals surface area contributed by atoms with Gasteiger partial charge in [-0.05, 0) is 70.4 Å². The van der Waals surface area contributed by atoms with Gasteiger partial charge in [-0.25, -0.2) is 0 Å². The summed E-state index contributed by atoms with van der Waals surface area (Å²) in [5.41, 5.74) is 0.502. The largest absolute Gasteiger partial charge is 0.360 e. The number of aromatic nitrogens is 1. The lowest BCUT2D eigenvalue weighted by Crippen LogP contribution is -2.66. The van der Waals surface area contributed by atoms with Crippen molar-refractivity contribution in [2.75, 3.05) is 32.7 Å². The lowest BCUT2D eigenvalue weighted by molar-refractivity contribution is -0.00677. The molecule has 1 unspecified atom stereocenters. The van der Waals surface area contributed by atoms with Gasteiger partial charge in [0.25, 0.3) is 16.1 Å². The van der Waals surface area contributed by atoms with Crippen molar-refractivity contribution in [3.63, 3.8) is 0 Å². The van der Waals surface area contributed by atoms with Gasteiger partial charge in [-0.15, -0.1) is 0 Å². The third-order valence-corrected chi connectivity index (χ3v) is 10.9. The molecule has 0 aromatic carbocycles. The number of hydrogen-bond acceptors (Lipinski definition) is 6. The SMILES string of the molecule is CC(C)CN1CCC2(CC1)CN(S(=O)(=O)N1[C@@H]3CC[C@H]1CC(NC(=O)c1cc(C4CC4)on1)C3)C2. The first kappa shape index (κ1) is 23.9. The maximum atomic E-state index is 13.6. The number of fused-ring (bicyclic) bond motifs is 2. The molecule has 9 nitrogen and oxygen atoms in total. The summed E-state index contributed by atoms with van der Waals surface area (Å²) in [5, 5.41) is 7.05. The van der Waals surface area contributed by atoms with Crippen molar-refractivity contribution in [1.29, 1.82) is 0 Å². The molecule has 1 N–H and O–H groups in total. The van der Waals surface area contributed by atoms with E-state index in [1.165, 1.54) is 0 Å². The zero-order valence-corrected chi connectivity index (χ0v) is 21.8. The highest BCUT2D eigenvalue weighted by molar-refractivity contribution is 7.86. The number of amides is 1. The summed E-state index contributed by atoms with van der Waals surface area (Å²) in [6, 6.07) is 1.66. The molecule has 1 saturated carbocycles. The molecule has 0 radical (unpaired) electrons. The van der Waals surface area contributed by atoms with E-state index in [-0.39, 0.29) is 29.4 Å². The van der Waals surface area contributed by atoms with Crippen molar-refractivity contribution in [1.82, 2.24) is 24.0 Å². The van der Waals surface area contributed by atoms with Crippen LogP contribution in [0.2, 0.25) is 0 Å². The van der Waals surface area contributed by atoms with Gasteiger partial charge in [0.05, 0.1) is 0 Å². The highest BCUT2D eigenvalue weighted by Crippen LogP contribution is 2.46. The van der Waals surface area contributed by atoms with Gasteiger partial charge < -0.3 is 14.7 Å². The van der Waals surface area contributed by atoms with E-state index in [2.05, 4.69) is 29.2 Å². The third-order valence-electron chi connectivity index (χ3n) is 8.90. The van der Waals surface area contributed by atoms with Crippen LogP contribution in [-0.4, -0.2) is 83.8 Å². The van der Waals surface area contributed by atoms with Gasteiger partial charge in [0, 0.05) is 55.2 Å². The van der Waals surface area contributed by atoms with Crippen LogP contribution in [0.4, 0.5) is 0 Å². The molecule has 1 aliphatic carbocycles. The van der Waals surface area contributed by atoms with E-state index in [0.717, 1.165) is 63.9 Å². The van der Waals surface area contributed by atoms with Crippen molar-refractivity contribution in [3.8, 4) is 0 Å². The van der Waals surface area contributed by atoms with Gasteiger partial charge in [0.2, 0.25) is 0 Å². The fourth-order valence-corrected chi connectivity index (χ4v) is 9.16. The summed E-state index contributed by atoms with van der Waals surface area (Å²) in [6.07, 6.45) is 7.46. The van der Waals surface area contributed by atoms with Crippen LogP contribution in [0.15, 0.2) is 10.6 Å². The normalized spacial score (nSPS) is 31.7. The van der Waals surface area contributed by atoms with Gasteiger partial charge in [0.15, 0.2) is 5.69 Å². The van der Waals surface area contributed by atoms with E-state index in [0.29, 0.717) is 43.5 Å². The van der Waals surface area contributed by atoms with E-state index in [1.54, 1.807) is 14.7 Å². The summed E-state index contributed by atoms with van der Waals surface area (Å²) in [4.78, 5) is 15.2. The second-order valence-corrected chi connectivity index (χ2v) is 14.0. The molecule has 35 heavy (non-hydrogen) atoms. The molecular formula is C25H39N5O4S. The van der Waals surface area contributed by atoms with Crippen molar-refractivity contribution < 1.29 is 17.7 Å². The number of nitrogens with zero attached hydrogens (tertiary/aromatic N) is 4. The fourth-order valence-electron chi connectivity index (χ4n) is 6.89. The van der Waals surface area contributed by atoms with E-state index >= 15 is 0 Å². The topological polar surface area (TPSA) is 99.0 Å². The van der Waals surface area contributed by atoms with Gasteiger partial charge in [0.1, 0.15) is 5.76 Å². The number of likely N-dealkylation sites (tertiary alicyclic amines) is 1. The highest BCUT2D eigenvalue weighted by Gasteiger charge is 2.55. The monoisotopic (exact) mass is 505 g/mol. The number of nitrogens with one attached hydrogen (secondary N) is 1. The summed E-state index contributed by atoms with van der Waals surface area (Å²) >= 11 is 0. The molecule has 5 heterocycles. The first-order valence-corrected chi connectivity index (χ1v) is 14.9. The molecule has 6 rings (SSSR count). The van der Waals surface area contributed by atoms with Crippen LogP contribution in [0.5, 0.6) is 0 Å².